The lowest BCUT2D eigenvalue weighted by atomic mass is 10.1. The predicted molar refractivity (Wildman–Crippen MR) is 95.9 cm³/mol. The van der Waals surface area contributed by atoms with E-state index in [0.717, 1.165) is 0 Å². The summed E-state index contributed by atoms with van der Waals surface area (Å²) in [6.07, 6.45) is 4.39. The van der Waals surface area contributed by atoms with Gasteiger partial charge in [-0.1, -0.05) is 0 Å². The molecule has 3 rings (SSSR count). The first-order valence-corrected chi connectivity index (χ1v) is 9.51. The molecule has 8 heteroatoms. The molecule has 1 N–H and O–H groups in total. The van der Waals surface area contributed by atoms with Gasteiger partial charge in [0.25, 0.3) is 10.0 Å². The molecule has 2 heterocycles. The Morgan fingerprint density at radius 1 is 1.31 bits per heavy atom. The highest BCUT2D eigenvalue weighted by atomic mass is 32.2. The number of carboxylic acid groups (broad SMARTS) is 1. The standard InChI is InChI=1S/C18H18N2O5S/c1-2-25-14-6-7-17-16(10-14)13(5-8-18(21)22)12-20(17)26(23,24)15-4-3-9-19-11-15/h3-4,6-7,9-12H,2,5,8H2,1H3,(H,21,22). The molecule has 2 aromatic heterocycles. The van der Waals surface area contributed by atoms with E-state index in [4.69, 9.17) is 9.84 Å². The molecule has 0 fully saturated rings. The average Bonchev–Trinajstić information content (AvgIpc) is 3.00. The number of pyridine rings is 1. The van der Waals surface area contributed by atoms with Crippen molar-refractivity contribution in [1.29, 1.82) is 0 Å². The van der Waals surface area contributed by atoms with Crippen molar-refractivity contribution in [1.82, 2.24) is 8.96 Å². The maximum absolute atomic E-state index is 13.0. The molecule has 0 radical (unpaired) electrons. The summed E-state index contributed by atoms with van der Waals surface area (Å²) >= 11 is 0. The molecule has 7 nitrogen and oxygen atoms in total. The Hall–Kier alpha value is -2.87. The van der Waals surface area contributed by atoms with E-state index in [-0.39, 0.29) is 17.7 Å². The maximum Gasteiger partial charge on any atom is 0.303 e. The number of fused-ring (bicyclic) bond motifs is 1. The SMILES string of the molecule is CCOc1ccc2c(c1)c(CCC(=O)O)cn2S(=O)(=O)c1cccnc1. The van der Waals surface area contributed by atoms with Crippen LogP contribution in [0.4, 0.5) is 0 Å². The molecule has 0 amide bonds. The van der Waals surface area contributed by atoms with Crippen molar-refractivity contribution in [3.05, 3.63) is 54.5 Å². The van der Waals surface area contributed by atoms with Crippen LogP contribution in [-0.2, 0) is 21.2 Å². The van der Waals surface area contributed by atoms with Crippen LogP contribution in [0.5, 0.6) is 5.75 Å². The van der Waals surface area contributed by atoms with Gasteiger partial charge in [-0.25, -0.2) is 12.4 Å². The van der Waals surface area contributed by atoms with Gasteiger partial charge in [-0.3, -0.25) is 9.78 Å². The monoisotopic (exact) mass is 374 g/mol. The molecular weight excluding hydrogens is 356 g/mol. The Morgan fingerprint density at radius 2 is 2.12 bits per heavy atom. The summed E-state index contributed by atoms with van der Waals surface area (Å²) in [4.78, 5) is 14.9. The normalized spacial score (nSPS) is 11.6. The fourth-order valence-electron chi connectivity index (χ4n) is 2.75. The molecule has 3 aromatic rings. The highest BCUT2D eigenvalue weighted by Crippen LogP contribution is 2.30. The summed E-state index contributed by atoms with van der Waals surface area (Å²) in [5.41, 5.74) is 1.11. The second-order valence-electron chi connectivity index (χ2n) is 5.65. The van der Waals surface area contributed by atoms with Crippen molar-refractivity contribution in [2.24, 2.45) is 0 Å². The number of carboxylic acids is 1. The molecule has 0 bridgehead atoms. The fraction of sp³-hybridized carbons (Fsp3) is 0.222. The lowest BCUT2D eigenvalue weighted by Gasteiger charge is -2.08. The van der Waals surface area contributed by atoms with Crippen LogP contribution in [-0.4, -0.2) is 35.1 Å². The number of ether oxygens (including phenoxy) is 1. The Labute approximate surface area is 150 Å². The largest absolute Gasteiger partial charge is 0.494 e. The summed E-state index contributed by atoms with van der Waals surface area (Å²) in [7, 11) is -3.84. The lowest BCUT2D eigenvalue weighted by molar-refractivity contribution is -0.136. The first-order valence-electron chi connectivity index (χ1n) is 8.07. The van der Waals surface area contributed by atoms with Crippen molar-refractivity contribution < 1.29 is 23.1 Å². The van der Waals surface area contributed by atoms with Crippen LogP contribution in [0.3, 0.4) is 0 Å². The third-order valence-corrected chi connectivity index (χ3v) is 5.59. The zero-order valence-electron chi connectivity index (χ0n) is 14.1. The van der Waals surface area contributed by atoms with Crippen molar-refractivity contribution in [3.63, 3.8) is 0 Å². The summed E-state index contributed by atoms with van der Waals surface area (Å²) < 4.78 is 32.6. The molecule has 0 aliphatic heterocycles. The van der Waals surface area contributed by atoms with Crippen LogP contribution in [0, 0.1) is 0 Å². The Morgan fingerprint density at radius 3 is 2.77 bits per heavy atom. The van der Waals surface area contributed by atoms with Crippen LogP contribution in [0.15, 0.2) is 53.8 Å². The van der Waals surface area contributed by atoms with Gasteiger partial charge >= 0.3 is 5.97 Å². The van der Waals surface area contributed by atoms with Crippen molar-refractivity contribution >= 4 is 26.9 Å². The molecule has 1 aromatic carbocycles. The van der Waals surface area contributed by atoms with Gasteiger partial charge in [0.2, 0.25) is 0 Å². The maximum atomic E-state index is 13.0. The second kappa shape index (κ2) is 7.17. The summed E-state index contributed by atoms with van der Waals surface area (Å²) in [5.74, 6) is -0.338. The van der Waals surface area contributed by atoms with Gasteiger partial charge in [-0.15, -0.1) is 0 Å². The van der Waals surface area contributed by atoms with Crippen molar-refractivity contribution in [2.45, 2.75) is 24.7 Å². The molecule has 0 aliphatic rings. The van der Waals surface area contributed by atoms with E-state index in [1.165, 1.54) is 28.6 Å². The quantitative estimate of drug-likeness (QED) is 0.683. The van der Waals surface area contributed by atoms with E-state index in [9.17, 15) is 13.2 Å². The van der Waals surface area contributed by atoms with Crippen LogP contribution in [0.1, 0.15) is 18.9 Å². The highest BCUT2D eigenvalue weighted by Gasteiger charge is 2.22. The number of aryl methyl sites for hydroxylation is 1. The minimum atomic E-state index is -3.84. The summed E-state index contributed by atoms with van der Waals surface area (Å²) in [5, 5.41) is 9.63. The third-order valence-electron chi connectivity index (χ3n) is 3.93. The van der Waals surface area contributed by atoms with Crippen molar-refractivity contribution in [3.8, 4) is 5.75 Å². The number of aliphatic carboxylic acids is 1. The first kappa shape index (κ1) is 17.9. The number of hydrogen-bond donors (Lipinski definition) is 1. The minimum Gasteiger partial charge on any atom is -0.494 e. The molecule has 0 aliphatic carbocycles. The van der Waals surface area contributed by atoms with Gasteiger partial charge in [0.15, 0.2) is 0 Å². The number of aromatic nitrogens is 2. The average molecular weight is 374 g/mol. The smallest absolute Gasteiger partial charge is 0.303 e. The van der Waals surface area contributed by atoms with E-state index in [1.807, 2.05) is 6.92 Å². The molecule has 0 saturated heterocycles. The molecule has 26 heavy (non-hydrogen) atoms. The van der Waals surface area contributed by atoms with E-state index in [2.05, 4.69) is 4.98 Å². The van der Waals surface area contributed by atoms with Crippen molar-refractivity contribution in [2.75, 3.05) is 6.61 Å². The van der Waals surface area contributed by atoms with E-state index in [1.54, 1.807) is 24.3 Å². The Kier molecular flexibility index (Phi) is 4.94. The van der Waals surface area contributed by atoms with Crippen LogP contribution < -0.4 is 4.74 Å². The van der Waals surface area contributed by atoms with E-state index >= 15 is 0 Å². The summed E-state index contributed by atoms with van der Waals surface area (Å²) in [6, 6.07) is 8.13. The second-order valence-corrected chi connectivity index (χ2v) is 7.46. The molecular formula is C18H18N2O5S. The molecule has 0 saturated carbocycles. The van der Waals surface area contributed by atoms with Gasteiger partial charge in [-0.05, 0) is 49.2 Å². The van der Waals surface area contributed by atoms with Gasteiger partial charge in [-0.2, -0.15) is 0 Å². The molecule has 0 unspecified atom stereocenters. The van der Waals surface area contributed by atoms with Gasteiger partial charge in [0.05, 0.1) is 12.1 Å². The Bertz CT molecular complexity index is 1040. The minimum absolute atomic E-state index is 0.0653. The van der Waals surface area contributed by atoms with Gasteiger partial charge < -0.3 is 9.84 Å². The lowest BCUT2D eigenvalue weighted by Crippen LogP contribution is -2.12. The topological polar surface area (TPSA) is 98.5 Å². The number of rotatable bonds is 7. The molecule has 0 spiro atoms. The number of carbonyl (C=O) groups is 1. The zero-order chi connectivity index (χ0) is 18.7. The number of benzene rings is 1. The van der Waals surface area contributed by atoms with E-state index in [0.29, 0.717) is 28.8 Å². The van der Waals surface area contributed by atoms with Gasteiger partial charge in [0, 0.05) is 30.4 Å². The van der Waals surface area contributed by atoms with Gasteiger partial charge in [0.1, 0.15) is 10.6 Å². The molecule has 136 valence electrons. The molecule has 0 atom stereocenters. The third kappa shape index (κ3) is 3.41. The van der Waals surface area contributed by atoms with E-state index < -0.39 is 16.0 Å². The van der Waals surface area contributed by atoms with Crippen LogP contribution in [0.2, 0.25) is 0 Å². The summed E-state index contributed by atoms with van der Waals surface area (Å²) in [6.45, 7) is 2.33. The number of hydrogen-bond acceptors (Lipinski definition) is 5. The zero-order valence-corrected chi connectivity index (χ0v) is 14.9. The van der Waals surface area contributed by atoms with Crippen LogP contribution in [0.25, 0.3) is 10.9 Å². The first-order chi connectivity index (χ1) is 12.4. The Balaban J connectivity index is 2.18. The predicted octanol–water partition coefficient (Wildman–Crippen LogP) is 2.69. The fourth-order valence-corrected chi connectivity index (χ4v) is 4.11. The number of nitrogens with zero attached hydrogens (tertiary/aromatic N) is 2. The highest BCUT2D eigenvalue weighted by molar-refractivity contribution is 7.90. The van der Waals surface area contributed by atoms with Crippen LogP contribution >= 0.6 is 0 Å².